The van der Waals surface area contributed by atoms with Crippen LogP contribution in [0.5, 0.6) is 0 Å². The van der Waals surface area contributed by atoms with Crippen LogP contribution in [0.15, 0.2) is 0 Å². The number of rotatable bonds is 13. The van der Waals surface area contributed by atoms with Gasteiger partial charge < -0.3 is 14.8 Å². The van der Waals surface area contributed by atoms with E-state index in [9.17, 15) is 9.59 Å². The Balaban J connectivity index is 2.44. The van der Waals surface area contributed by atoms with Gasteiger partial charge in [0.2, 0.25) is 18.8 Å². The minimum absolute atomic E-state index is 0.0354. The van der Waals surface area contributed by atoms with Crippen molar-refractivity contribution in [2.75, 3.05) is 36.1 Å². The van der Waals surface area contributed by atoms with Gasteiger partial charge in [0.1, 0.15) is 12.5 Å². The van der Waals surface area contributed by atoms with Gasteiger partial charge in [-0.1, -0.05) is 11.6 Å². The molecule has 0 aliphatic heterocycles. The number of carbonyl (C=O) groups excluding carboxylic acids is 2. The van der Waals surface area contributed by atoms with Crippen LogP contribution < -0.4 is 16.1 Å². The Morgan fingerprint density at radius 3 is 2.58 bits per heavy atom. The summed E-state index contributed by atoms with van der Waals surface area (Å²) in [7, 11) is 0. The molecule has 3 N–H and O–H groups in total. The van der Waals surface area contributed by atoms with Gasteiger partial charge >= 0.3 is 0 Å². The minimum Gasteiger partial charge on any atom is -0.355 e. The van der Waals surface area contributed by atoms with Gasteiger partial charge in [0, 0.05) is 0 Å². The third kappa shape index (κ3) is 7.51. The van der Waals surface area contributed by atoms with Crippen LogP contribution in [-0.4, -0.2) is 48.9 Å². The predicted molar refractivity (Wildman–Crippen MR) is 87.6 cm³/mol. The normalized spacial score (nSPS) is 10.5. The van der Waals surface area contributed by atoms with Crippen LogP contribution in [0.3, 0.4) is 0 Å². The highest BCUT2D eigenvalue weighted by atomic mass is 35.5. The lowest BCUT2D eigenvalue weighted by Crippen LogP contribution is -2.13. The number of ether oxygens (including phenoxy) is 2. The van der Waals surface area contributed by atoms with Crippen LogP contribution in [-0.2, 0) is 23.9 Å². The van der Waals surface area contributed by atoms with E-state index in [0.29, 0.717) is 32.5 Å². The van der Waals surface area contributed by atoms with Gasteiger partial charge in [-0.2, -0.15) is 9.97 Å². The first-order valence-corrected chi connectivity index (χ1v) is 7.51. The first kappa shape index (κ1) is 20.0. The maximum Gasteiger partial charge on any atom is 0.232 e. The molecule has 10 nitrogen and oxygen atoms in total. The highest BCUT2D eigenvalue weighted by Crippen LogP contribution is 2.28. The van der Waals surface area contributed by atoms with Crippen molar-refractivity contribution in [2.45, 2.75) is 26.4 Å². The molecule has 0 atom stereocenters. The number of anilines is 3. The molecule has 0 radical (unpaired) electrons. The number of halogens is 1. The quantitative estimate of drug-likeness (QED) is 0.158. The summed E-state index contributed by atoms with van der Waals surface area (Å²) in [5, 5.41) is 4.56. The topological polar surface area (TPSA) is 124 Å². The van der Waals surface area contributed by atoms with Crippen molar-refractivity contribution in [3.63, 3.8) is 0 Å². The predicted octanol–water partition coefficient (Wildman–Crippen LogP) is 1.40. The van der Waals surface area contributed by atoms with E-state index in [-0.39, 0.29) is 35.5 Å². The Bertz CT molecular complexity index is 532. The molecule has 0 saturated heterocycles. The Morgan fingerprint density at radius 2 is 1.92 bits per heavy atom. The van der Waals surface area contributed by atoms with E-state index in [0.717, 1.165) is 0 Å². The molecule has 0 saturated carbocycles. The molecule has 0 aliphatic carbocycles. The summed E-state index contributed by atoms with van der Waals surface area (Å²) in [5.74, 6) is 0.0715. The number of carbonyl (C=O) groups is 2. The second kappa shape index (κ2) is 11.5. The first-order chi connectivity index (χ1) is 11.6. The van der Waals surface area contributed by atoms with E-state index >= 15 is 0 Å². The van der Waals surface area contributed by atoms with E-state index < -0.39 is 0 Å². The van der Waals surface area contributed by atoms with Crippen molar-refractivity contribution >= 4 is 41.9 Å². The van der Waals surface area contributed by atoms with E-state index in [1.807, 2.05) is 13.8 Å². The van der Waals surface area contributed by atoms with Crippen molar-refractivity contribution in [1.29, 1.82) is 0 Å². The van der Waals surface area contributed by atoms with E-state index in [2.05, 4.69) is 26.1 Å². The summed E-state index contributed by atoms with van der Waals surface area (Å²) in [6, 6.07) is 0. The van der Waals surface area contributed by atoms with Crippen molar-refractivity contribution in [2.24, 2.45) is 0 Å². The molecule has 0 fully saturated rings. The van der Waals surface area contributed by atoms with Crippen LogP contribution in [0.4, 0.5) is 17.5 Å². The molecule has 2 amide bonds. The Kier molecular flexibility index (Phi) is 9.61. The summed E-state index contributed by atoms with van der Waals surface area (Å²) >= 11 is 5.91. The molecule has 0 bridgehead atoms. The fourth-order valence-electron chi connectivity index (χ4n) is 1.41. The van der Waals surface area contributed by atoms with Gasteiger partial charge in [-0.25, -0.2) is 5.48 Å². The third-order valence-corrected chi connectivity index (χ3v) is 2.72. The fourth-order valence-corrected chi connectivity index (χ4v) is 1.63. The molecular formula is C13H20ClN5O5. The second-order valence-corrected chi connectivity index (χ2v) is 4.99. The first-order valence-electron chi connectivity index (χ1n) is 7.13. The Labute approximate surface area is 144 Å². The van der Waals surface area contributed by atoms with Gasteiger partial charge in [-0.3, -0.25) is 19.7 Å². The molecule has 1 rings (SSSR count). The van der Waals surface area contributed by atoms with Crippen molar-refractivity contribution in [3.8, 4) is 0 Å². The molecule has 0 aliphatic rings. The minimum atomic E-state index is -0.0540. The van der Waals surface area contributed by atoms with Crippen LogP contribution in [0.25, 0.3) is 0 Å². The molecule has 0 unspecified atom stereocenters. The van der Waals surface area contributed by atoms with Crippen LogP contribution in [0.2, 0.25) is 5.15 Å². The van der Waals surface area contributed by atoms with E-state index in [4.69, 9.17) is 25.9 Å². The fraction of sp³-hybridized carbons (Fsp3) is 0.538. The van der Waals surface area contributed by atoms with E-state index in [1.54, 1.807) is 0 Å². The number of hydrogen-bond donors (Lipinski definition) is 3. The Hall–Kier alpha value is -2.01. The monoisotopic (exact) mass is 361 g/mol. The largest absolute Gasteiger partial charge is 0.355 e. The van der Waals surface area contributed by atoms with Crippen LogP contribution in [0.1, 0.15) is 20.3 Å². The second-order valence-electron chi connectivity index (χ2n) is 4.63. The molecule has 0 spiro atoms. The zero-order chi connectivity index (χ0) is 17.8. The average Bonchev–Trinajstić information content (AvgIpc) is 2.53. The molecule has 0 aromatic carbocycles. The molecule has 1 aromatic rings. The van der Waals surface area contributed by atoms with E-state index in [1.165, 1.54) is 0 Å². The van der Waals surface area contributed by atoms with Gasteiger partial charge in [0.25, 0.3) is 0 Å². The molecule has 1 heterocycles. The molecular weight excluding hydrogens is 342 g/mol. The number of amides is 2. The summed E-state index contributed by atoms with van der Waals surface area (Å²) < 4.78 is 10.5. The lowest BCUT2D eigenvalue weighted by Gasteiger charge is -2.12. The summed E-state index contributed by atoms with van der Waals surface area (Å²) in [6.45, 7) is 4.82. The Morgan fingerprint density at radius 1 is 1.17 bits per heavy atom. The molecule has 1 aromatic heterocycles. The SMILES string of the molecule is CC(C)OCOCCCONc1nc(NC=O)nc(Cl)c1NC=O. The van der Waals surface area contributed by atoms with Gasteiger partial charge in [-0.05, 0) is 20.3 Å². The number of hydrogen-bond acceptors (Lipinski definition) is 8. The van der Waals surface area contributed by atoms with Gasteiger partial charge in [0.15, 0.2) is 11.0 Å². The van der Waals surface area contributed by atoms with Crippen LogP contribution >= 0.6 is 11.6 Å². The zero-order valence-corrected chi connectivity index (χ0v) is 14.1. The standard InChI is InChI=1S/C13H20ClN5O5/c1-9(2)23-8-22-4-3-5-24-19-12-10(15-6-20)11(14)17-13(18-12)16-7-21/h6-7,9H,3-5,8H2,1-2H3,(H,15,20)(H2,16,17,18,19,21). The molecule has 11 heteroatoms. The lowest BCUT2D eigenvalue weighted by atomic mass is 10.5. The van der Waals surface area contributed by atoms with Crippen molar-refractivity contribution in [3.05, 3.63) is 5.15 Å². The zero-order valence-electron chi connectivity index (χ0n) is 13.4. The summed E-state index contributed by atoms with van der Waals surface area (Å²) in [5.41, 5.74) is 2.68. The highest BCUT2D eigenvalue weighted by molar-refractivity contribution is 6.33. The van der Waals surface area contributed by atoms with Crippen LogP contribution in [0, 0.1) is 0 Å². The average molecular weight is 362 g/mol. The summed E-state index contributed by atoms with van der Waals surface area (Å²) in [4.78, 5) is 34.1. The van der Waals surface area contributed by atoms with Crippen molar-refractivity contribution < 1.29 is 23.9 Å². The van der Waals surface area contributed by atoms with Crippen molar-refractivity contribution in [1.82, 2.24) is 9.97 Å². The smallest absolute Gasteiger partial charge is 0.232 e. The lowest BCUT2D eigenvalue weighted by molar-refractivity contribution is -0.106. The number of aromatic nitrogens is 2. The number of nitrogens with zero attached hydrogens (tertiary/aromatic N) is 2. The number of nitrogens with one attached hydrogen (secondary N) is 3. The molecule has 24 heavy (non-hydrogen) atoms. The molecule has 134 valence electrons. The highest BCUT2D eigenvalue weighted by Gasteiger charge is 2.13. The third-order valence-electron chi connectivity index (χ3n) is 2.44. The van der Waals surface area contributed by atoms with Gasteiger partial charge in [-0.15, -0.1) is 0 Å². The van der Waals surface area contributed by atoms with Gasteiger partial charge in [0.05, 0.1) is 19.3 Å². The maximum absolute atomic E-state index is 10.6. The summed E-state index contributed by atoms with van der Waals surface area (Å²) in [6.07, 6.45) is 1.54. The maximum atomic E-state index is 10.6.